The number of anilines is 1. The Kier molecular flexibility index (Phi) is 7.08. The van der Waals surface area contributed by atoms with E-state index in [1.165, 1.54) is 21.3 Å². The predicted molar refractivity (Wildman–Crippen MR) is 144 cm³/mol. The molecule has 9 nitrogen and oxygen atoms in total. The maximum absolute atomic E-state index is 13.1. The average molecular weight is 511 g/mol. The number of carbonyl (C=O) groups is 1. The zero-order valence-electron chi connectivity index (χ0n) is 21.2. The van der Waals surface area contributed by atoms with Crippen LogP contribution in [-0.2, 0) is 11.2 Å². The summed E-state index contributed by atoms with van der Waals surface area (Å²) < 4.78 is 23.8. The van der Waals surface area contributed by atoms with Crippen molar-refractivity contribution in [3.8, 4) is 34.7 Å². The van der Waals surface area contributed by atoms with E-state index < -0.39 is 0 Å². The fourth-order valence-electron chi connectivity index (χ4n) is 4.22. The van der Waals surface area contributed by atoms with Crippen molar-refractivity contribution in [3.63, 3.8) is 0 Å². The number of fused-ring (bicyclic) bond motifs is 1. The maximum atomic E-state index is 13.1. The van der Waals surface area contributed by atoms with Crippen LogP contribution in [0.4, 0.5) is 5.69 Å². The van der Waals surface area contributed by atoms with Crippen molar-refractivity contribution in [2.45, 2.75) is 6.42 Å². The van der Waals surface area contributed by atoms with Gasteiger partial charge in [-0.3, -0.25) is 9.36 Å². The van der Waals surface area contributed by atoms with Crippen molar-refractivity contribution in [1.82, 2.24) is 14.8 Å². The van der Waals surface area contributed by atoms with Crippen molar-refractivity contribution in [2.24, 2.45) is 0 Å². The topological polar surface area (TPSA) is 96.7 Å². The standard InChI is InChI=1S/C29H26N4O5/c1-35-24-16-20(17-25(36-2)29(24)37-3)30-27(34)15-19-18-33(23-12-8-7-11-22(19)23)26-13-14-28(32-31-26)38-21-9-5-4-6-10-21/h4-14,16-18H,15H2,1-3H3,(H,30,34). The van der Waals surface area contributed by atoms with Gasteiger partial charge in [-0.1, -0.05) is 36.4 Å². The fraction of sp³-hybridized carbons (Fsp3) is 0.138. The van der Waals surface area contributed by atoms with Crippen LogP contribution >= 0.6 is 0 Å². The van der Waals surface area contributed by atoms with Gasteiger partial charge in [0.1, 0.15) is 5.75 Å². The molecule has 9 heteroatoms. The second-order valence-electron chi connectivity index (χ2n) is 8.33. The van der Waals surface area contributed by atoms with E-state index in [1.807, 2.05) is 71.4 Å². The summed E-state index contributed by atoms with van der Waals surface area (Å²) in [6, 6.07) is 24.2. The number of amides is 1. The second-order valence-corrected chi connectivity index (χ2v) is 8.33. The lowest BCUT2D eigenvalue weighted by atomic mass is 10.1. The summed E-state index contributed by atoms with van der Waals surface area (Å²) >= 11 is 0. The minimum atomic E-state index is -0.195. The van der Waals surface area contributed by atoms with Crippen LogP contribution in [-0.4, -0.2) is 42.0 Å². The molecule has 3 aromatic carbocycles. The number of nitrogens with zero attached hydrogens (tertiary/aromatic N) is 3. The van der Waals surface area contributed by atoms with E-state index in [-0.39, 0.29) is 12.3 Å². The highest BCUT2D eigenvalue weighted by atomic mass is 16.5. The number of ether oxygens (including phenoxy) is 4. The number of rotatable bonds is 9. The molecule has 192 valence electrons. The van der Waals surface area contributed by atoms with Crippen LogP contribution in [0.25, 0.3) is 16.7 Å². The summed E-state index contributed by atoms with van der Waals surface area (Å²) in [4.78, 5) is 13.1. The monoisotopic (exact) mass is 510 g/mol. The Labute approximate surface area is 219 Å². The molecule has 0 fully saturated rings. The van der Waals surface area contributed by atoms with Crippen LogP contribution in [0.15, 0.2) is 85.1 Å². The van der Waals surface area contributed by atoms with Crippen molar-refractivity contribution in [3.05, 3.63) is 90.6 Å². The molecule has 0 aliphatic rings. The first kappa shape index (κ1) is 24.6. The van der Waals surface area contributed by atoms with E-state index in [0.717, 1.165) is 16.5 Å². The number of methoxy groups -OCH3 is 3. The Morgan fingerprint density at radius 3 is 2.21 bits per heavy atom. The molecule has 0 atom stereocenters. The highest BCUT2D eigenvalue weighted by Gasteiger charge is 2.17. The van der Waals surface area contributed by atoms with Crippen LogP contribution in [0.5, 0.6) is 28.9 Å². The second kappa shape index (κ2) is 10.9. The first-order valence-corrected chi connectivity index (χ1v) is 11.9. The summed E-state index contributed by atoms with van der Waals surface area (Å²) in [7, 11) is 4.59. The molecular weight excluding hydrogens is 484 g/mol. The number of hydrogen-bond acceptors (Lipinski definition) is 7. The normalized spacial score (nSPS) is 10.7. The van der Waals surface area contributed by atoms with E-state index in [1.54, 1.807) is 18.2 Å². The molecular formula is C29H26N4O5. The lowest BCUT2D eigenvalue weighted by Gasteiger charge is -2.14. The van der Waals surface area contributed by atoms with E-state index in [0.29, 0.717) is 40.4 Å². The third-order valence-corrected chi connectivity index (χ3v) is 5.93. The third-order valence-electron chi connectivity index (χ3n) is 5.93. The fourth-order valence-corrected chi connectivity index (χ4v) is 4.22. The predicted octanol–water partition coefficient (Wildman–Crippen LogP) is 5.42. The Balaban J connectivity index is 1.38. The third kappa shape index (κ3) is 5.08. The van der Waals surface area contributed by atoms with Gasteiger partial charge >= 0.3 is 0 Å². The van der Waals surface area contributed by atoms with Crippen LogP contribution in [0.1, 0.15) is 5.56 Å². The van der Waals surface area contributed by atoms with Gasteiger partial charge in [0.05, 0.1) is 33.3 Å². The van der Waals surface area contributed by atoms with Crippen molar-refractivity contribution < 1.29 is 23.7 Å². The quantitative estimate of drug-likeness (QED) is 0.283. The summed E-state index contributed by atoms with van der Waals surface area (Å²) in [5, 5.41) is 12.5. The van der Waals surface area contributed by atoms with E-state index in [9.17, 15) is 4.79 Å². The average Bonchev–Trinajstić information content (AvgIpc) is 3.31. The Hall–Kier alpha value is -5.05. The molecule has 0 aliphatic carbocycles. The Morgan fingerprint density at radius 1 is 0.842 bits per heavy atom. The number of nitrogens with one attached hydrogen (secondary N) is 1. The van der Waals surface area contributed by atoms with Crippen molar-refractivity contribution in [1.29, 1.82) is 0 Å². The highest BCUT2D eigenvalue weighted by molar-refractivity contribution is 5.96. The maximum Gasteiger partial charge on any atom is 0.238 e. The van der Waals surface area contributed by atoms with Gasteiger partial charge in [-0.25, -0.2) is 0 Å². The molecule has 2 heterocycles. The van der Waals surface area contributed by atoms with E-state index in [2.05, 4.69) is 15.5 Å². The molecule has 5 rings (SSSR count). The molecule has 0 spiro atoms. The van der Waals surface area contributed by atoms with E-state index >= 15 is 0 Å². The van der Waals surface area contributed by atoms with E-state index in [4.69, 9.17) is 18.9 Å². The molecule has 0 unspecified atom stereocenters. The van der Waals surface area contributed by atoms with Crippen LogP contribution < -0.4 is 24.3 Å². The molecule has 0 bridgehead atoms. The largest absolute Gasteiger partial charge is 0.493 e. The highest BCUT2D eigenvalue weighted by Crippen LogP contribution is 2.40. The molecule has 0 aliphatic heterocycles. The summed E-state index contributed by atoms with van der Waals surface area (Å²) in [5.41, 5.74) is 2.29. The lowest BCUT2D eigenvalue weighted by molar-refractivity contribution is -0.115. The minimum absolute atomic E-state index is 0.146. The van der Waals surface area contributed by atoms with Gasteiger partial charge in [0.2, 0.25) is 17.5 Å². The number of hydrogen-bond donors (Lipinski definition) is 1. The molecule has 0 saturated heterocycles. The van der Waals surface area contributed by atoms with Crippen LogP contribution in [0.3, 0.4) is 0 Å². The van der Waals surface area contributed by atoms with Gasteiger partial charge in [0, 0.05) is 35.5 Å². The van der Waals surface area contributed by atoms with Gasteiger partial charge in [-0.2, -0.15) is 0 Å². The number of carbonyl (C=O) groups excluding carboxylic acids is 1. The number of aromatic nitrogens is 3. The first-order valence-electron chi connectivity index (χ1n) is 11.9. The van der Waals surface area contributed by atoms with Gasteiger partial charge in [0.15, 0.2) is 17.3 Å². The summed E-state index contributed by atoms with van der Waals surface area (Å²) in [6.07, 6.45) is 2.05. The van der Waals surface area contributed by atoms with Gasteiger partial charge in [-0.15, -0.1) is 10.2 Å². The molecule has 2 aromatic heterocycles. The Bertz CT molecular complexity index is 1540. The molecule has 38 heavy (non-hydrogen) atoms. The number of benzene rings is 3. The van der Waals surface area contributed by atoms with Gasteiger partial charge < -0.3 is 24.3 Å². The van der Waals surface area contributed by atoms with Crippen LogP contribution in [0.2, 0.25) is 0 Å². The van der Waals surface area contributed by atoms with Crippen molar-refractivity contribution >= 4 is 22.5 Å². The van der Waals surface area contributed by atoms with Crippen LogP contribution in [0, 0.1) is 0 Å². The van der Waals surface area contributed by atoms with Gasteiger partial charge in [0.25, 0.3) is 0 Å². The zero-order chi connectivity index (χ0) is 26.5. The minimum Gasteiger partial charge on any atom is -0.493 e. The zero-order valence-corrected chi connectivity index (χ0v) is 21.2. The Morgan fingerprint density at radius 2 is 1.55 bits per heavy atom. The molecule has 5 aromatic rings. The number of para-hydroxylation sites is 2. The van der Waals surface area contributed by atoms with Gasteiger partial charge in [-0.05, 0) is 29.8 Å². The summed E-state index contributed by atoms with van der Waals surface area (Å²) in [6.45, 7) is 0. The molecule has 0 radical (unpaired) electrons. The SMILES string of the molecule is COc1cc(NC(=O)Cc2cn(-c3ccc(Oc4ccccc4)nn3)c3ccccc23)cc(OC)c1OC. The smallest absolute Gasteiger partial charge is 0.238 e. The summed E-state index contributed by atoms with van der Waals surface area (Å²) in [5.74, 6) is 2.85. The molecule has 1 amide bonds. The molecule has 0 saturated carbocycles. The first-order chi connectivity index (χ1) is 18.6. The lowest BCUT2D eigenvalue weighted by Crippen LogP contribution is -2.14. The molecule has 1 N–H and O–H groups in total. The van der Waals surface area contributed by atoms with Crippen molar-refractivity contribution in [2.75, 3.05) is 26.6 Å².